The molecule has 3 nitrogen and oxygen atoms in total. The summed E-state index contributed by atoms with van der Waals surface area (Å²) in [7, 11) is 1.62. The van der Waals surface area contributed by atoms with E-state index in [4.69, 9.17) is 15.7 Å². The Morgan fingerprint density at radius 3 is 3.00 bits per heavy atom. The molecule has 12 heavy (non-hydrogen) atoms. The first kappa shape index (κ1) is 9.04. The molecule has 0 aliphatic heterocycles. The SMILES string of the molecule is COc1ccc(C(N)CC#N)s1. The summed E-state index contributed by atoms with van der Waals surface area (Å²) in [6.45, 7) is 0. The van der Waals surface area contributed by atoms with E-state index in [1.54, 1.807) is 7.11 Å². The number of nitrogens with zero attached hydrogens (tertiary/aromatic N) is 1. The fourth-order valence-corrected chi connectivity index (χ4v) is 1.66. The van der Waals surface area contributed by atoms with Crippen LogP contribution in [0.1, 0.15) is 17.3 Å². The summed E-state index contributed by atoms with van der Waals surface area (Å²) in [4.78, 5) is 0.994. The van der Waals surface area contributed by atoms with Crippen molar-refractivity contribution in [1.29, 1.82) is 5.26 Å². The fourth-order valence-electron chi connectivity index (χ4n) is 0.842. The van der Waals surface area contributed by atoms with Gasteiger partial charge in [0.15, 0.2) is 5.06 Å². The number of hydrogen-bond donors (Lipinski definition) is 1. The highest BCUT2D eigenvalue weighted by atomic mass is 32.1. The Bertz CT molecular complexity index is 289. The quantitative estimate of drug-likeness (QED) is 0.773. The van der Waals surface area contributed by atoms with Gasteiger partial charge in [0.2, 0.25) is 0 Å². The lowest BCUT2D eigenvalue weighted by Gasteiger charge is -2.01. The lowest BCUT2D eigenvalue weighted by atomic mass is 10.2. The molecule has 0 spiro atoms. The van der Waals surface area contributed by atoms with Crippen molar-refractivity contribution in [3.63, 3.8) is 0 Å². The highest BCUT2D eigenvalue weighted by Gasteiger charge is 2.08. The lowest BCUT2D eigenvalue weighted by Crippen LogP contribution is -2.06. The van der Waals surface area contributed by atoms with E-state index >= 15 is 0 Å². The van der Waals surface area contributed by atoms with Gasteiger partial charge in [-0.15, -0.1) is 11.3 Å². The molecule has 1 unspecified atom stereocenters. The largest absolute Gasteiger partial charge is 0.487 e. The van der Waals surface area contributed by atoms with Crippen LogP contribution in [0.4, 0.5) is 0 Å². The van der Waals surface area contributed by atoms with Crippen LogP contribution in [-0.4, -0.2) is 7.11 Å². The predicted octanol–water partition coefficient (Wildman–Crippen LogP) is 1.67. The van der Waals surface area contributed by atoms with E-state index in [2.05, 4.69) is 0 Å². The molecule has 0 radical (unpaired) electrons. The van der Waals surface area contributed by atoms with Crippen molar-refractivity contribution in [2.75, 3.05) is 7.11 Å². The minimum absolute atomic E-state index is 0.177. The van der Waals surface area contributed by atoms with Crippen LogP contribution in [0.25, 0.3) is 0 Å². The van der Waals surface area contributed by atoms with Crippen molar-refractivity contribution in [1.82, 2.24) is 0 Å². The van der Waals surface area contributed by atoms with E-state index in [1.165, 1.54) is 11.3 Å². The van der Waals surface area contributed by atoms with Gasteiger partial charge in [-0.1, -0.05) is 0 Å². The number of ether oxygens (including phenoxy) is 1. The number of nitrogens with two attached hydrogens (primary N) is 1. The standard InChI is InChI=1S/C8H10N2OS/c1-11-8-3-2-7(12-8)6(10)4-5-9/h2-3,6H,4,10H2,1H3. The van der Waals surface area contributed by atoms with Gasteiger partial charge in [0, 0.05) is 4.88 Å². The second-order valence-corrected chi connectivity index (χ2v) is 3.41. The number of hydrogen-bond acceptors (Lipinski definition) is 4. The average Bonchev–Trinajstić information content (AvgIpc) is 2.52. The second-order valence-electron chi connectivity index (χ2n) is 2.33. The molecular weight excluding hydrogens is 172 g/mol. The Hall–Kier alpha value is -1.05. The zero-order valence-corrected chi connectivity index (χ0v) is 7.60. The molecule has 1 aromatic heterocycles. The summed E-state index contributed by atoms with van der Waals surface area (Å²) < 4.78 is 5.00. The zero-order valence-electron chi connectivity index (χ0n) is 6.78. The summed E-state index contributed by atoms with van der Waals surface area (Å²) >= 11 is 1.48. The van der Waals surface area contributed by atoms with Gasteiger partial charge >= 0.3 is 0 Å². The van der Waals surface area contributed by atoms with Crippen LogP contribution in [0.3, 0.4) is 0 Å². The first-order valence-electron chi connectivity index (χ1n) is 3.54. The summed E-state index contributed by atoms with van der Waals surface area (Å²) in [5.74, 6) is 0. The lowest BCUT2D eigenvalue weighted by molar-refractivity contribution is 0.427. The minimum atomic E-state index is -0.177. The van der Waals surface area contributed by atoms with Gasteiger partial charge in [-0.2, -0.15) is 5.26 Å². The average molecular weight is 182 g/mol. The smallest absolute Gasteiger partial charge is 0.173 e. The third kappa shape index (κ3) is 1.97. The third-order valence-corrected chi connectivity index (χ3v) is 2.66. The van der Waals surface area contributed by atoms with E-state index in [0.29, 0.717) is 6.42 Å². The molecule has 0 fully saturated rings. The second kappa shape index (κ2) is 4.10. The molecule has 0 amide bonds. The van der Waals surface area contributed by atoms with Gasteiger partial charge in [-0.25, -0.2) is 0 Å². The van der Waals surface area contributed by atoms with Crippen LogP contribution in [0.2, 0.25) is 0 Å². The monoisotopic (exact) mass is 182 g/mol. The summed E-state index contributed by atoms with van der Waals surface area (Å²) in [6.07, 6.45) is 0.351. The molecular formula is C8H10N2OS. The number of thiophene rings is 1. The number of methoxy groups -OCH3 is 1. The normalized spacial score (nSPS) is 12.1. The van der Waals surface area contributed by atoms with Gasteiger partial charge in [-0.05, 0) is 12.1 Å². The van der Waals surface area contributed by atoms with Crippen LogP contribution in [0.5, 0.6) is 5.06 Å². The molecule has 4 heteroatoms. The Labute approximate surface area is 75.4 Å². The summed E-state index contributed by atoms with van der Waals surface area (Å²) in [5, 5.41) is 9.24. The van der Waals surface area contributed by atoms with Crippen LogP contribution in [0.15, 0.2) is 12.1 Å². The highest BCUT2D eigenvalue weighted by molar-refractivity contribution is 7.13. The van der Waals surface area contributed by atoms with Gasteiger partial charge in [0.05, 0.1) is 25.6 Å². The molecule has 0 aliphatic carbocycles. The highest BCUT2D eigenvalue weighted by Crippen LogP contribution is 2.28. The maximum Gasteiger partial charge on any atom is 0.173 e. The van der Waals surface area contributed by atoms with Gasteiger partial charge in [-0.3, -0.25) is 0 Å². The van der Waals surface area contributed by atoms with E-state index < -0.39 is 0 Å². The third-order valence-electron chi connectivity index (χ3n) is 1.48. The Morgan fingerprint density at radius 1 is 1.75 bits per heavy atom. The maximum absolute atomic E-state index is 8.41. The van der Waals surface area contributed by atoms with Crippen molar-refractivity contribution in [3.8, 4) is 11.1 Å². The minimum Gasteiger partial charge on any atom is -0.487 e. The van der Waals surface area contributed by atoms with Crippen molar-refractivity contribution < 1.29 is 4.74 Å². The van der Waals surface area contributed by atoms with E-state index in [-0.39, 0.29) is 6.04 Å². The van der Waals surface area contributed by atoms with E-state index in [0.717, 1.165) is 9.94 Å². The first-order valence-corrected chi connectivity index (χ1v) is 4.36. The Balaban J connectivity index is 2.69. The van der Waals surface area contributed by atoms with Crippen LogP contribution < -0.4 is 10.5 Å². The predicted molar refractivity (Wildman–Crippen MR) is 48.0 cm³/mol. The maximum atomic E-state index is 8.41. The van der Waals surface area contributed by atoms with Crippen LogP contribution in [-0.2, 0) is 0 Å². The molecule has 2 N–H and O–H groups in total. The van der Waals surface area contributed by atoms with Crippen molar-refractivity contribution in [2.24, 2.45) is 5.73 Å². The van der Waals surface area contributed by atoms with Gasteiger partial charge in [0.25, 0.3) is 0 Å². The van der Waals surface area contributed by atoms with Crippen LogP contribution >= 0.6 is 11.3 Å². The van der Waals surface area contributed by atoms with E-state index in [1.807, 2.05) is 18.2 Å². The zero-order chi connectivity index (χ0) is 8.97. The Morgan fingerprint density at radius 2 is 2.50 bits per heavy atom. The molecule has 0 aromatic carbocycles. The van der Waals surface area contributed by atoms with Gasteiger partial charge < -0.3 is 10.5 Å². The van der Waals surface area contributed by atoms with Gasteiger partial charge in [0.1, 0.15) is 0 Å². The Kier molecular flexibility index (Phi) is 3.09. The topological polar surface area (TPSA) is 59.0 Å². The van der Waals surface area contributed by atoms with Crippen molar-refractivity contribution in [3.05, 3.63) is 17.0 Å². The molecule has 1 aromatic rings. The van der Waals surface area contributed by atoms with Crippen molar-refractivity contribution in [2.45, 2.75) is 12.5 Å². The fraction of sp³-hybridized carbons (Fsp3) is 0.375. The molecule has 0 saturated carbocycles. The van der Waals surface area contributed by atoms with E-state index in [9.17, 15) is 0 Å². The first-order chi connectivity index (χ1) is 5.77. The summed E-state index contributed by atoms with van der Waals surface area (Å²) in [6, 6.07) is 5.61. The number of rotatable bonds is 3. The van der Waals surface area contributed by atoms with Crippen LogP contribution in [0, 0.1) is 11.3 Å². The molecule has 0 bridgehead atoms. The molecule has 1 heterocycles. The molecule has 0 aliphatic rings. The molecule has 1 rings (SSSR count). The number of nitriles is 1. The van der Waals surface area contributed by atoms with Crippen molar-refractivity contribution >= 4 is 11.3 Å². The molecule has 64 valence electrons. The molecule has 0 saturated heterocycles. The summed E-state index contributed by atoms with van der Waals surface area (Å²) in [5.41, 5.74) is 5.71. The molecule has 1 atom stereocenters.